The van der Waals surface area contributed by atoms with Gasteiger partial charge in [-0.15, -0.1) is 0 Å². The lowest BCUT2D eigenvalue weighted by atomic mass is 10.2. The summed E-state index contributed by atoms with van der Waals surface area (Å²) in [5.41, 5.74) is 6.19. The van der Waals surface area contributed by atoms with Crippen LogP contribution in [0.4, 0.5) is 5.82 Å². The van der Waals surface area contributed by atoms with E-state index in [4.69, 9.17) is 22.0 Å². The number of aromatic nitrogens is 2. The van der Waals surface area contributed by atoms with Gasteiger partial charge >= 0.3 is 8.05 Å². The maximum atomic E-state index is 12.7. The van der Waals surface area contributed by atoms with E-state index in [1.807, 2.05) is 0 Å². The molecule has 0 atom stereocenters. The molecule has 2 aromatic carbocycles. The van der Waals surface area contributed by atoms with Crippen molar-refractivity contribution in [3.05, 3.63) is 69.3 Å². The predicted molar refractivity (Wildman–Crippen MR) is 108 cm³/mol. The Morgan fingerprint density at radius 1 is 1.22 bits per heavy atom. The van der Waals surface area contributed by atoms with Crippen LogP contribution >= 0.6 is 27.5 Å². The summed E-state index contributed by atoms with van der Waals surface area (Å²) < 4.78 is 7.31. The molecule has 0 aliphatic rings. The van der Waals surface area contributed by atoms with Crippen LogP contribution in [0.5, 0.6) is 5.75 Å². The maximum absolute atomic E-state index is 12.7. The zero-order valence-electron chi connectivity index (χ0n) is 14.1. The third-order valence-corrected chi connectivity index (χ3v) is 4.50. The lowest BCUT2D eigenvalue weighted by molar-refractivity contribution is 0.0992. The highest BCUT2D eigenvalue weighted by Crippen LogP contribution is 2.24. The van der Waals surface area contributed by atoms with Gasteiger partial charge in [-0.1, -0.05) is 33.6 Å². The zero-order chi connectivity index (χ0) is 19.6. The first-order valence-electron chi connectivity index (χ1n) is 7.69. The van der Waals surface area contributed by atoms with Gasteiger partial charge in [0.05, 0.1) is 16.3 Å². The third kappa shape index (κ3) is 4.15. The molecule has 1 heterocycles. The van der Waals surface area contributed by atoms with Crippen molar-refractivity contribution in [2.75, 3.05) is 5.32 Å². The van der Waals surface area contributed by atoms with Gasteiger partial charge in [-0.05, 0) is 30.3 Å². The topological polar surface area (TPSA) is 99.2 Å². The SMILES string of the molecule is BOc1cccc(-n2nc(C(N)=O)cc2NC(=O)c2cc(Br)ccc2Cl)c1. The van der Waals surface area contributed by atoms with Crippen LogP contribution in [0.15, 0.2) is 53.0 Å². The maximum Gasteiger partial charge on any atom is 0.322 e. The molecule has 1 aromatic heterocycles. The van der Waals surface area contributed by atoms with Crippen LogP contribution in [-0.2, 0) is 0 Å². The number of anilines is 1. The van der Waals surface area contributed by atoms with Gasteiger partial charge in [0, 0.05) is 16.6 Å². The molecule has 0 fully saturated rings. The summed E-state index contributed by atoms with van der Waals surface area (Å²) in [4.78, 5) is 24.2. The summed E-state index contributed by atoms with van der Waals surface area (Å²) in [7, 11) is 1.54. The molecule has 0 bridgehead atoms. The summed E-state index contributed by atoms with van der Waals surface area (Å²) in [6.45, 7) is 0. The van der Waals surface area contributed by atoms with Gasteiger partial charge < -0.3 is 15.7 Å². The van der Waals surface area contributed by atoms with Crippen molar-refractivity contribution < 1.29 is 14.2 Å². The number of benzene rings is 2. The monoisotopic (exact) mass is 446 g/mol. The minimum absolute atomic E-state index is 0.00783. The smallest absolute Gasteiger partial charge is 0.322 e. The van der Waals surface area contributed by atoms with E-state index in [0.29, 0.717) is 20.9 Å². The van der Waals surface area contributed by atoms with Crippen molar-refractivity contribution in [3.63, 3.8) is 0 Å². The summed E-state index contributed by atoms with van der Waals surface area (Å²) in [5.74, 6) is -0.317. The van der Waals surface area contributed by atoms with Gasteiger partial charge in [-0.3, -0.25) is 9.59 Å². The van der Waals surface area contributed by atoms with Crippen LogP contribution in [0.3, 0.4) is 0 Å². The molecule has 0 unspecified atom stereocenters. The number of hydrogen-bond acceptors (Lipinski definition) is 4. The van der Waals surface area contributed by atoms with Gasteiger partial charge in [-0.25, -0.2) is 4.68 Å². The van der Waals surface area contributed by atoms with Crippen LogP contribution in [-0.4, -0.2) is 29.6 Å². The van der Waals surface area contributed by atoms with Gasteiger partial charge in [0.25, 0.3) is 11.8 Å². The molecule has 3 rings (SSSR count). The summed E-state index contributed by atoms with van der Waals surface area (Å²) in [6, 6.07) is 13.3. The first kappa shape index (κ1) is 19.0. The predicted octanol–water partition coefficient (Wildman–Crippen LogP) is 2.57. The van der Waals surface area contributed by atoms with Crippen molar-refractivity contribution >= 4 is 53.2 Å². The molecule has 27 heavy (non-hydrogen) atoms. The molecular formula is C17H13BBrClN4O3. The van der Waals surface area contributed by atoms with Crippen LogP contribution in [0.1, 0.15) is 20.8 Å². The van der Waals surface area contributed by atoms with E-state index in [-0.39, 0.29) is 17.1 Å². The molecule has 0 saturated carbocycles. The highest BCUT2D eigenvalue weighted by molar-refractivity contribution is 9.10. The number of nitrogens with one attached hydrogen (secondary N) is 1. The Labute approximate surface area is 169 Å². The highest BCUT2D eigenvalue weighted by atomic mass is 79.9. The first-order valence-corrected chi connectivity index (χ1v) is 8.87. The van der Waals surface area contributed by atoms with Crippen LogP contribution < -0.4 is 15.7 Å². The van der Waals surface area contributed by atoms with Crippen LogP contribution in [0, 0.1) is 0 Å². The molecule has 3 N–H and O–H groups in total. The van der Waals surface area contributed by atoms with E-state index in [1.54, 1.807) is 42.5 Å². The number of amides is 2. The lowest BCUT2D eigenvalue weighted by Crippen LogP contribution is -2.15. The normalized spacial score (nSPS) is 10.4. The van der Waals surface area contributed by atoms with Crippen molar-refractivity contribution in [3.8, 4) is 11.4 Å². The Bertz CT molecular complexity index is 1040. The lowest BCUT2D eigenvalue weighted by Gasteiger charge is -2.11. The minimum atomic E-state index is -0.715. The van der Waals surface area contributed by atoms with Crippen molar-refractivity contribution in [1.29, 1.82) is 0 Å². The molecule has 0 radical (unpaired) electrons. The van der Waals surface area contributed by atoms with Crippen LogP contribution in [0.25, 0.3) is 5.69 Å². The number of primary amides is 1. The van der Waals surface area contributed by atoms with Gasteiger partial charge in [0.15, 0.2) is 5.69 Å². The van der Waals surface area contributed by atoms with Gasteiger partial charge in [0.2, 0.25) is 0 Å². The van der Waals surface area contributed by atoms with Crippen molar-refractivity contribution in [1.82, 2.24) is 9.78 Å². The standard InChI is InChI=1S/C17H13BBrClN4O3/c18-27-11-3-1-2-10(7-11)24-15(8-14(23-24)16(21)25)22-17(26)12-6-9(19)4-5-13(12)20/h1-8H,18H2,(H2,21,25)(H,22,26). The number of rotatable bonds is 5. The Hall–Kier alpha value is -2.78. The van der Waals surface area contributed by atoms with Crippen LogP contribution in [0.2, 0.25) is 5.02 Å². The second kappa shape index (κ2) is 7.85. The second-order valence-corrected chi connectivity index (χ2v) is 6.79. The van der Waals surface area contributed by atoms with E-state index in [1.165, 1.54) is 18.8 Å². The Balaban J connectivity index is 2.02. The van der Waals surface area contributed by atoms with E-state index in [9.17, 15) is 9.59 Å². The fourth-order valence-corrected chi connectivity index (χ4v) is 2.95. The molecular weight excluding hydrogens is 434 g/mol. The van der Waals surface area contributed by atoms with E-state index >= 15 is 0 Å². The number of hydrogen-bond donors (Lipinski definition) is 2. The molecule has 0 aliphatic heterocycles. The molecule has 2 amide bonds. The largest absolute Gasteiger partial charge is 0.568 e. The average molecular weight is 447 g/mol. The van der Waals surface area contributed by atoms with E-state index < -0.39 is 11.8 Å². The molecule has 0 saturated heterocycles. The second-order valence-electron chi connectivity index (χ2n) is 5.47. The molecule has 0 aliphatic carbocycles. The Morgan fingerprint density at radius 2 is 2.00 bits per heavy atom. The fourth-order valence-electron chi connectivity index (χ4n) is 2.38. The average Bonchev–Trinajstić information content (AvgIpc) is 3.07. The molecule has 10 heteroatoms. The molecule has 3 aromatic rings. The number of carbonyl (C=O) groups excluding carboxylic acids is 2. The third-order valence-electron chi connectivity index (χ3n) is 3.67. The highest BCUT2D eigenvalue weighted by Gasteiger charge is 2.18. The van der Waals surface area contributed by atoms with Gasteiger partial charge in [-0.2, -0.15) is 5.10 Å². The number of halogens is 2. The van der Waals surface area contributed by atoms with Crippen molar-refractivity contribution in [2.24, 2.45) is 5.73 Å². The molecule has 7 nitrogen and oxygen atoms in total. The summed E-state index contributed by atoms with van der Waals surface area (Å²) >= 11 is 9.42. The number of nitrogens with two attached hydrogens (primary N) is 1. The van der Waals surface area contributed by atoms with E-state index in [2.05, 4.69) is 26.3 Å². The summed E-state index contributed by atoms with van der Waals surface area (Å²) in [5, 5.41) is 7.18. The molecule has 0 spiro atoms. The minimum Gasteiger partial charge on any atom is -0.568 e. The molecule has 136 valence electrons. The first-order chi connectivity index (χ1) is 12.9. The Kier molecular flexibility index (Phi) is 5.52. The number of nitrogens with zero attached hydrogens (tertiary/aromatic N) is 2. The zero-order valence-corrected chi connectivity index (χ0v) is 16.4. The van der Waals surface area contributed by atoms with E-state index in [0.717, 1.165) is 0 Å². The quantitative estimate of drug-likeness (QED) is 0.587. The number of carbonyl (C=O) groups is 2. The summed E-state index contributed by atoms with van der Waals surface area (Å²) in [6.07, 6.45) is 0. The fraction of sp³-hybridized carbons (Fsp3) is 0. The van der Waals surface area contributed by atoms with Gasteiger partial charge in [0.1, 0.15) is 11.6 Å². The Morgan fingerprint density at radius 3 is 2.70 bits per heavy atom. The van der Waals surface area contributed by atoms with Crippen molar-refractivity contribution in [2.45, 2.75) is 0 Å².